The molecule has 0 amide bonds. The fraction of sp³-hybridized carbons (Fsp3) is 0.0714. The van der Waals surface area contributed by atoms with E-state index in [4.69, 9.17) is 0 Å². The molecule has 14 rings (SSSR count). The molecule has 0 nitrogen and oxygen atoms in total. The molecular formula is C56H28Br4I4S8. The van der Waals surface area contributed by atoms with Gasteiger partial charge in [-0.05, 0) is 210 Å². The van der Waals surface area contributed by atoms with Crippen LogP contribution in [0.3, 0.4) is 0 Å². The monoisotopic (exact) mass is 1780 g/mol. The number of aryl methyl sites for hydroxylation is 4. The molecule has 72 heavy (non-hydrogen) atoms. The van der Waals surface area contributed by atoms with Gasteiger partial charge in [-0.1, -0.05) is 91.5 Å². The van der Waals surface area contributed by atoms with Crippen molar-refractivity contribution in [3.63, 3.8) is 0 Å². The second-order valence-corrected chi connectivity index (χ2v) is 33.7. The Balaban J connectivity index is 0.000000140. The summed E-state index contributed by atoms with van der Waals surface area (Å²) in [6.07, 6.45) is 0. The zero-order valence-corrected chi connectivity index (χ0v) is 59.0. The summed E-state index contributed by atoms with van der Waals surface area (Å²) in [6, 6.07) is 36.5. The predicted octanol–water partition coefficient (Wildman–Crippen LogP) is 26.5. The molecule has 0 atom stereocenters. The van der Waals surface area contributed by atoms with Gasteiger partial charge in [0.05, 0.1) is 66.1 Å². The van der Waals surface area contributed by atoms with E-state index in [9.17, 15) is 0 Å². The Morgan fingerprint density at radius 1 is 0.306 bits per heavy atom. The summed E-state index contributed by atoms with van der Waals surface area (Å²) >= 11 is 41.0. The van der Waals surface area contributed by atoms with Gasteiger partial charge in [0, 0.05) is 85.8 Å². The van der Waals surface area contributed by atoms with Gasteiger partial charge in [-0.3, -0.25) is 0 Å². The summed E-state index contributed by atoms with van der Waals surface area (Å²) in [5, 5.41) is 5.54. The Kier molecular flexibility index (Phi) is 14.2. The van der Waals surface area contributed by atoms with Crippen molar-refractivity contribution in [2.24, 2.45) is 0 Å². The van der Waals surface area contributed by atoms with Gasteiger partial charge in [0.25, 0.3) is 0 Å². The smallest absolute Gasteiger partial charge is 0.0612 e. The molecule has 0 aliphatic heterocycles. The molecule has 16 heteroatoms. The van der Waals surface area contributed by atoms with E-state index in [0.717, 1.165) is 8.95 Å². The molecule has 0 spiro atoms. The molecule has 0 radical (unpaired) electrons. The van der Waals surface area contributed by atoms with Gasteiger partial charge in [0.1, 0.15) is 0 Å². The van der Waals surface area contributed by atoms with Crippen LogP contribution in [0.4, 0.5) is 0 Å². The number of rotatable bonds is 4. The minimum absolute atomic E-state index is 1.14. The summed E-state index contributed by atoms with van der Waals surface area (Å²) in [7, 11) is 0. The first-order chi connectivity index (χ1) is 34.6. The van der Waals surface area contributed by atoms with Crippen LogP contribution >= 0.6 is 245 Å². The number of thiophene rings is 8. The van der Waals surface area contributed by atoms with Gasteiger partial charge < -0.3 is 0 Å². The average Bonchev–Trinajstić information content (AvgIpc) is 4.23. The van der Waals surface area contributed by atoms with Gasteiger partial charge in [-0.15, -0.1) is 90.7 Å². The fourth-order valence-electron chi connectivity index (χ4n) is 9.18. The van der Waals surface area contributed by atoms with Crippen LogP contribution in [0.2, 0.25) is 0 Å². The van der Waals surface area contributed by atoms with Crippen LogP contribution < -0.4 is 0 Å². The molecule has 0 aliphatic carbocycles. The van der Waals surface area contributed by atoms with Crippen LogP contribution in [-0.2, 0) is 0 Å². The minimum atomic E-state index is 1.14. The van der Waals surface area contributed by atoms with Crippen molar-refractivity contribution < 1.29 is 0 Å². The van der Waals surface area contributed by atoms with Crippen molar-refractivity contribution in [3.8, 4) is 41.8 Å². The van der Waals surface area contributed by atoms with Crippen LogP contribution in [0.1, 0.15) is 22.3 Å². The zero-order chi connectivity index (χ0) is 49.8. The highest BCUT2D eigenvalue weighted by molar-refractivity contribution is 14.1. The molecule has 356 valence electrons. The highest BCUT2D eigenvalue weighted by atomic mass is 127. The minimum Gasteiger partial charge on any atom is -0.133 e. The lowest BCUT2D eigenvalue weighted by molar-refractivity contribution is 1.45. The van der Waals surface area contributed by atoms with Crippen molar-refractivity contribution in [1.29, 1.82) is 0 Å². The third-order valence-electron chi connectivity index (χ3n) is 12.7. The van der Waals surface area contributed by atoms with Crippen LogP contribution in [0.25, 0.3) is 120 Å². The molecule has 6 aromatic carbocycles. The van der Waals surface area contributed by atoms with E-state index in [1.165, 1.54) is 165 Å². The van der Waals surface area contributed by atoms with Crippen LogP contribution in [0, 0.1) is 42.0 Å². The Labute approximate surface area is 534 Å². The molecule has 0 saturated carbocycles. The van der Waals surface area contributed by atoms with Crippen molar-refractivity contribution in [2.45, 2.75) is 27.7 Å². The molecule has 8 heterocycles. The van der Waals surface area contributed by atoms with Crippen LogP contribution in [0.15, 0.2) is 115 Å². The molecule has 14 aromatic rings. The van der Waals surface area contributed by atoms with Crippen molar-refractivity contribution in [3.05, 3.63) is 151 Å². The maximum Gasteiger partial charge on any atom is 0.0612 e. The number of benzene rings is 6. The summed E-state index contributed by atoms with van der Waals surface area (Å²) in [5.41, 5.74) is 10.4. The molecule has 0 fully saturated rings. The summed E-state index contributed by atoms with van der Waals surface area (Å²) in [5.74, 6) is 0. The van der Waals surface area contributed by atoms with Crippen molar-refractivity contribution in [2.75, 3.05) is 0 Å². The second kappa shape index (κ2) is 19.9. The average molecular weight is 1780 g/mol. The number of hydrogen-bond acceptors (Lipinski definition) is 8. The van der Waals surface area contributed by atoms with E-state index in [1.54, 1.807) is 0 Å². The van der Waals surface area contributed by atoms with Crippen molar-refractivity contribution in [1.82, 2.24) is 0 Å². The molecule has 0 unspecified atom stereocenters. The Morgan fingerprint density at radius 3 is 0.931 bits per heavy atom. The molecule has 0 bridgehead atoms. The SMILES string of the molecule is Cc1ccc(-c2sc3c(sc4cc5c(cc43)sc3c(Br)c(-c4ccc(C)cc4Br)sc35)c2Br)c(Br)c1.Cc1ccc(-c2sc3c(sc4cc5c(cc43)sc3c(I)c(-c4ccc(C)cc4I)sc35)c2I)c(I)c1. The predicted molar refractivity (Wildman–Crippen MR) is 378 cm³/mol. The highest BCUT2D eigenvalue weighted by Gasteiger charge is 2.25. The topological polar surface area (TPSA) is 0 Å². The maximum absolute atomic E-state index is 3.95. The Hall–Kier alpha value is -0.160. The van der Waals surface area contributed by atoms with Crippen molar-refractivity contribution >= 4 is 323 Å². The maximum atomic E-state index is 3.95. The van der Waals surface area contributed by atoms with E-state index < -0.39 is 0 Å². The van der Waals surface area contributed by atoms with E-state index in [0.29, 0.717) is 0 Å². The summed E-state index contributed by atoms with van der Waals surface area (Å²) in [4.78, 5) is 5.38. The normalized spacial score (nSPS) is 12.2. The van der Waals surface area contributed by atoms with Gasteiger partial charge in [-0.2, -0.15) is 0 Å². The zero-order valence-electron chi connectivity index (χ0n) is 37.5. The third-order valence-corrected chi connectivity index (χ3v) is 32.3. The van der Waals surface area contributed by atoms with Gasteiger partial charge >= 0.3 is 0 Å². The van der Waals surface area contributed by atoms with Gasteiger partial charge in [-0.25, -0.2) is 0 Å². The molecule has 0 saturated heterocycles. The summed E-state index contributed by atoms with van der Waals surface area (Å²) < 4.78 is 26.8. The van der Waals surface area contributed by atoms with Gasteiger partial charge in [0.15, 0.2) is 0 Å². The standard InChI is InChI=1S/C28H14Br4S4.C28H14I4S4/c2*1-11-3-5-13(17(29)7-11)23-21(31)27-25(35-23)15-9-20-16(10-19(15)33-27)26-28(34-20)22(32)24(36-26)14-6-4-12(2)8-18(14)30/h2*3-10H,1-2H3. The molecular weight excluding hydrogens is 1760 g/mol. The lowest BCUT2D eigenvalue weighted by atomic mass is 10.1. The first-order valence-corrected chi connectivity index (χ1v) is 36.1. The number of fused-ring (bicyclic) bond motifs is 12. The quantitative estimate of drug-likeness (QED) is 0.154. The first-order valence-electron chi connectivity index (χ1n) is 22.0. The molecule has 0 aliphatic rings. The summed E-state index contributed by atoms with van der Waals surface area (Å²) in [6.45, 7) is 8.59. The highest BCUT2D eigenvalue weighted by Crippen LogP contribution is 2.56. The van der Waals surface area contributed by atoms with E-state index >= 15 is 0 Å². The van der Waals surface area contributed by atoms with Crippen LogP contribution in [-0.4, -0.2) is 0 Å². The molecule has 0 N–H and O–H groups in total. The Bertz CT molecular complexity index is 4050. The van der Waals surface area contributed by atoms with E-state index in [1.807, 2.05) is 90.7 Å². The number of halogens is 8. The lowest BCUT2D eigenvalue weighted by Crippen LogP contribution is -1.83. The first kappa shape index (κ1) is 51.3. The fourth-order valence-corrected chi connectivity index (χ4v) is 28.3. The second-order valence-electron chi connectivity index (χ2n) is 17.6. The van der Waals surface area contributed by atoms with E-state index in [2.05, 4.69) is 279 Å². The largest absolute Gasteiger partial charge is 0.133 e. The number of hydrogen-bond donors (Lipinski definition) is 0. The lowest BCUT2D eigenvalue weighted by Gasteiger charge is -2.04. The molecule has 8 aromatic heterocycles. The van der Waals surface area contributed by atoms with Gasteiger partial charge in [0.2, 0.25) is 0 Å². The van der Waals surface area contributed by atoms with Crippen LogP contribution in [0.5, 0.6) is 0 Å². The van der Waals surface area contributed by atoms with E-state index in [-0.39, 0.29) is 0 Å². The Morgan fingerprint density at radius 2 is 0.597 bits per heavy atom. The third kappa shape index (κ3) is 8.63.